The topological polar surface area (TPSA) is 47.6 Å². The van der Waals surface area contributed by atoms with Crippen molar-refractivity contribution in [3.8, 4) is 11.5 Å². The fourth-order valence-corrected chi connectivity index (χ4v) is 2.08. The first-order chi connectivity index (χ1) is 10.6. The molecule has 1 N–H and O–H groups in total. The summed E-state index contributed by atoms with van der Waals surface area (Å²) in [7, 11) is 1.60. The number of nitrogens with one attached hydrogen (secondary N) is 1. The zero-order valence-electron chi connectivity index (χ0n) is 12.5. The number of hydrogen-bond acceptors (Lipinski definition) is 3. The molecule has 4 nitrogen and oxygen atoms in total. The molecule has 0 aromatic heterocycles. The first-order valence-electron chi connectivity index (χ1n) is 6.92. The number of rotatable bonds is 6. The fraction of sp³-hybridized carbons (Fsp3) is 0.235. The Balaban J connectivity index is 1.87. The van der Waals surface area contributed by atoms with Crippen LogP contribution in [0.15, 0.2) is 48.5 Å². The van der Waals surface area contributed by atoms with Gasteiger partial charge >= 0.3 is 0 Å². The molecule has 0 radical (unpaired) electrons. The lowest BCUT2D eigenvalue weighted by molar-refractivity contribution is -0.127. The van der Waals surface area contributed by atoms with Crippen LogP contribution < -0.4 is 14.8 Å². The summed E-state index contributed by atoms with van der Waals surface area (Å²) in [5.74, 6) is 1.15. The monoisotopic (exact) mass is 319 g/mol. The van der Waals surface area contributed by atoms with E-state index >= 15 is 0 Å². The van der Waals surface area contributed by atoms with Crippen molar-refractivity contribution in [2.24, 2.45) is 0 Å². The number of methoxy groups -OCH3 is 1. The van der Waals surface area contributed by atoms with E-state index in [1.54, 1.807) is 44.4 Å². The molecule has 0 spiro atoms. The molecule has 22 heavy (non-hydrogen) atoms. The number of carbonyl (C=O) groups excluding carboxylic acids is 1. The average molecular weight is 320 g/mol. The van der Waals surface area contributed by atoms with Gasteiger partial charge in [0.05, 0.1) is 7.11 Å². The molecule has 116 valence electrons. The molecular weight excluding hydrogens is 302 g/mol. The van der Waals surface area contributed by atoms with E-state index in [2.05, 4.69) is 5.32 Å². The lowest BCUT2D eigenvalue weighted by atomic mass is 10.2. The second-order valence-electron chi connectivity index (χ2n) is 4.74. The van der Waals surface area contributed by atoms with E-state index in [-0.39, 0.29) is 5.91 Å². The van der Waals surface area contributed by atoms with Gasteiger partial charge in [0.25, 0.3) is 5.91 Å². The summed E-state index contributed by atoms with van der Waals surface area (Å²) < 4.78 is 10.7. The molecule has 0 bridgehead atoms. The first-order valence-corrected chi connectivity index (χ1v) is 7.30. The number of halogens is 1. The van der Waals surface area contributed by atoms with Gasteiger partial charge in [0.1, 0.15) is 11.5 Å². The summed E-state index contributed by atoms with van der Waals surface area (Å²) in [6, 6.07) is 14.5. The SMILES string of the molecule is COc1ccc(O[C@@H](C)C(=O)NCc2ccccc2Cl)cc1. The molecule has 0 saturated heterocycles. The third-order valence-electron chi connectivity index (χ3n) is 3.15. The van der Waals surface area contributed by atoms with E-state index in [0.29, 0.717) is 17.3 Å². The van der Waals surface area contributed by atoms with Crippen LogP contribution in [-0.2, 0) is 11.3 Å². The van der Waals surface area contributed by atoms with Crippen molar-refractivity contribution in [1.29, 1.82) is 0 Å². The molecule has 2 aromatic carbocycles. The Morgan fingerprint density at radius 1 is 1.14 bits per heavy atom. The second-order valence-corrected chi connectivity index (χ2v) is 5.15. The van der Waals surface area contributed by atoms with Crippen molar-refractivity contribution >= 4 is 17.5 Å². The fourth-order valence-electron chi connectivity index (χ4n) is 1.88. The van der Waals surface area contributed by atoms with Gasteiger partial charge in [-0.15, -0.1) is 0 Å². The maximum absolute atomic E-state index is 12.1. The third-order valence-corrected chi connectivity index (χ3v) is 3.52. The van der Waals surface area contributed by atoms with Crippen LogP contribution in [0.1, 0.15) is 12.5 Å². The van der Waals surface area contributed by atoms with Crippen molar-refractivity contribution < 1.29 is 14.3 Å². The van der Waals surface area contributed by atoms with Gasteiger partial charge < -0.3 is 14.8 Å². The molecule has 0 aliphatic rings. The minimum Gasteiger partial charge on any atom is -0.497 e. The van der Waals surface area contributed by atoms with Gasteiger partial charge in [0.2, 0.25) is 0 Å². The Kier molecular flexibility index (Phi) is 5.67. The number of ether oxygens (including phenoxy) is 2. The van der Waals surface area contributed by atoms with Gasteiger partial charge in [-0.1, -0.05) is 29.8 Å². The van der Waals surface area contributed by atoms with Crippen molar-refractivity contribution in [2.45, 2.75) is 19.6 Å². The van der Waals surface area contributed by atoms with Gasteiger partial charge in [-0.3, -0.25) is 4.79 Å². The van der Waals surface area contributed by atoms with Gasteiger partial charge in [-0.05, 0) is 42.8 Å². The maximum Gasteiger partial charge on any atom is 0.261 e. The lowest BCUT2D eigenvalue weighted by Gasteiger charge is -2.15. The molecule has 1 atom stereocenters. The summed E-state index contributed by atoms with van der Waals surface area (Å²) in [4.78, 5) is 12.1. The molecule has 0 fully saturated rings. The zero-order valence-corrected chi connectivity index (χ0v) is 13.3. The van der Waals surface area contributed by atoms with Crippen molar-refractivity contribution in [2.75, 3.05) is 7.11 Å². The highest BCUT2D eigenvalue weighted by Gasteiger charge is 2.14. The van der Waals surface area contributed by atoms with Crippen LogP contribution in [-0.4, -0.2) is 19.1 Å². The van der Waals surface area contributed by atoms with Crippen LogP contribution in [0.3, 0.4) is 0 Å². The molecule has 0 unspecified atom stereocenters. The number of carbonyl (C=O) groups is 1. The predicted molar refractivity (Wildman–Crippen MR) is 86.4 cm³/mol. The molecule has 0 saturated carbocycles. The van der Waals surface area contributed by atoms with Gasteiger partial charge in [-0.2, -0.15) is 0 Å². The van der Waals surface area contributed by atoms with Crippen LogP contribution in [0.2, 0.25) is 5.02 Å². The smallest absolute Gasteiger partial charge is 0.261 e. The minimum absolute atomic E-state index is 0.198. The molecule has 5 heteroatoms. The number of amides is 1. The Morgan fingerprint density at radius 2 is 1.77 bits per heavy atom. The highest BCUT2D eigenvalue weighted by atomic mass is 35.5. The van der Waals surface area contributed by atoms with Crippen LogP contribution in [0.5, 0.6) is 11.5 Å². The minimum atomic E-state index is -0.601. The van der Waals surface area contributed by atoms with Crippen molar-refractivity contribution in [3.63, 3.8) is 0 Å². The summed E-state index contributed by atoms with van der Waals surface area (Å²) in [6.07, 6.45) is -0.601. The maximum atomic E-state index is 12.1. The first kappa shape index (κ1) is 16.2. The Hall–Kier alpha value is -2.20. The summed E-state index contributed by atoms with van der Waals surface area (Å²) >= 11 is 6.05. The van der Waals surface area contributed by atoms with Crippen LogP contribution in [0, 0.1) is 0 Å². The van der Waals surface area contributed by atoms with Crippen molar-refractivity contribution in [1.82, 2.24) is 5.32 Å². The van der Waals surface area contributed by atoms with Crippen LogP contribution >= 0.6 is 11.6 Å². The largest absolute Gasteiger partial charge is 0.497 e. The highest BCUT2D eigenvalue weighted by Crippen LogP contribution is 2.18. The molecule has 0 aliphatic carbocycles. The van der Waals surface area contributed by atoms with E-state index in [1.165, 1.54) is 0 Å². The zero-order chi connectivity index (χ0) is 15.9. The molecule has 0 heterocycles. The van der Waals surface area contributed by atoms with Gasteiger partial charge in [-0.25, -0.2) is 0 Å². The van der Waals surface area contributed by atoms with Crippen LogP contribution in [0.25, 0.3) is 0 Å². The third kappa shape index (κ3) is 4.40. The molecule has 1 amide bonds. The molecular formula is C17H18ClNO3. The standard InChI is InChI=1S/C17H18ClNO3/c1-12(22-15-9-7-14(21-2)8-10-15)17(20)19-11-13-5-3-4-6-16(13)18/h3-10,12H,11H2,1-2H3,(H,19,20)/t12-/m0/s1. The van der Waals surface area contributed by atoms with E-state index < -0.39 is 6.10 Å². The molecule has 2 rings (SSSR count). The lowest BCUT2D eigenvalue weighted by Crippen LogP contribution is -2.35. The summed E-state index contributed by atoms with van der Waals surface area (Å²) in [6.45, 7) is 2.07. The number of hydrogen-bond donors (Lipinski definition) is 1. The normalized spacial score (nSPS) is 11.6. The molecule has 0 aliphatic heterocycles. The summed E-state index contributed by atoms with van der Waals surface area (Å²) in [5.41, 5.74) is 0.870. The Bertz CT molecular complexity index is 628. The Labute approximate surface area is 135 Å². The van der Waals surface area contributed by atoms with E-state index in [9.17, 15) is 4.79 Å². The summed E-state index contributed by atoms with van der Waals surface area (Å²) in [5, 5.41) is 3.44. The quantitative estimate of drug-likeness (QED) is 0.887. The van der Waals surface area contributed by atoms with E-state index in [0.717, 1.165) is 11.3 Å². The number of benzene rings is 2. The van der Waals surface area contributed by atoms with Crippen molar-refractivity contribution in [3.05, 3.63) is 59.1 Å². The van der Waals surface area contributed by atoms with Crippen LogP contribution in [0.4, 0.5) is 0 Å². The Morgan fingerprint density at radius 3 is 2.41 bits per heavy atom. The van der Waals surface area contributed by atoms with Gasteiger partial charge in [0, 0.05) is 11.6 Å². The second kappa shape index (κ2) is 7.71. The van der Waals surface area contributed by atoms with E-state index in [1.807, 2.05) is 18.2 Å². The predicted octanol–water partition coefficient (Wildman–Crippen LogP) is 3.43. The highest BCUT2D eigenvalue weighted by molar-refractivity contribution is 6.31. The van der Waals surface area contributed by atoms with Gasteiger partial charge in [0.15, 0.2) is 6.10 Å². The average Bonchev–Trinajstić information content (AvgIpc) is 2.54. The molecule has 2 aromatic rings. The van der Waals surface area contributed by atoms with E-state index in [4.69, 9.17) is 21.1 Å².